The molecule has 6 nitrogen and oxygen atoms in total. The van der Waals surface area contributed by atoms with Gasteiger partial charge in [0, 0.05) is 13.1 Å². The minimum atomic E-state index is -0.238. The van der Waals surface area contributed by atoms with Crippen molar-refractivity contribution in [3.8, 4) is 11.5 Å². The van der Waals surface area contributed by atoms with E-state index >= 15 is 0 Å². The number of benzene rings is 1. The van der Waals surface area contributed by atoms with E-state index in [4.69, 9.17) is 9.47 Å². The second-order valence-corrected chi connectivity index (χ2v) is 7.14. The number of carbonyl (C=O) groups is 1. The molecule has 1 saturated heterocycles. The zero-order valence-electron chi connectivity index (χ0n) is 14.6. The number of amidine groups is 1. The molecule has 2 heterocycles. The normalized spacial score (nSPS) is 25.4. The van der Waals surface area contributed by atoms with Crippen molar-refractivity contribution in [3.63, 3.8) is 0 Å². The number of hydrogen-bond acceptors (Lipinski definition) is 6. The summed E-state index contributed by atoms with van der Waals surface area (Å²) in [6.45, 7) is 7.81. The first-order chi connectivity index (χ1) is 12.0. The van der Waals surface area contributed by atoms with Crippen LogP contribution in [0, 0.1) is 0 Å². The van der Waals surface area contributed by atoms with Gasteiger partial charge in [0.15, 0.2) is 16.7 Å². The Labute approximate surface area is 151 Å². The Morgan fingerprint density at radius 2 is 2.12 bits per heavy atom. The van der Waals surface area contributed by atoms with Crippen LogP contribution in [0.15, 0.2) is 28.1 Å². The van der Waals surface area contributed by atoms with E-state index in [2.05, 4.69) is 9.89 Å². The predicted molar refractivity (Wildman–Crippen MR) is 98.9 cm³/mol. The number of phenolic OH excluding ortho intramolecular Hbond substituents is 1. The minimum absolute atomic E-state index is 0.0858. The molecule has 1 amide bonds. The molecule has 3 rings (SSSR count). The second-order valence-electron chi connectivity index (χ2n) is 6.13. The maximum atomic E-state index is 12.3. The van der Waals surface area contributed by atoms with E-state index in [1.165, 1.54) is 11.8 Å². The average Bonchev–Trinajstić information content (AvgIpc) is 2.91. The summed E-state index contributed by atoms with van der Waals surface area (Å²) in [5, 5.41) is 10.5. The summed E-state index contributed by atoms with van der Waals surface area (Å²) in [6.07, 6.45) is 2.00. The third-order valence-electron chi connectivity index (χ3n) is 3.88. The highest BCUT2D eigenvalue weighted by atomic mass is 32.2. The van der Waals surface area contributed by atoms with Crippen LogP contribution in [0.25, 0.3) is 6.08 Å². The number of phenols is 1. The van der Waals surface area contributed by atoms with Gasteiger partial charge in [-0.25, -0.2) is 0 Å². The lowest BCUT2D eigenvalue weighted by Gasteiger charge is -2.35. The summed E-state index contributed by atoms with van der Waals surface area (Å²) in [5.41, 5.74) is 0.789. The van der Waals surface area contributed by atoms with Gasteiger partial charge in [-0.2, -0.15) is 4.99 Å². The van der Waals surface area contributed by atoms with E-state index in [9.17, 15) is 9.90 Å². The molecule has 2 aliphatic heterocycles. The Kier molecular flexibility index (Phi) is 5.34. The Hall–Kier alpha value is -1.99. The topological polar surface area (TPSA) is 71.4 Å². The monoisotopic (exact) mass is 362 g/mol. The van der Waals surface area contributed by atoms with Crippen LogP contribution >= 0.6 is 11.8 Å². The maximum Gasteiger partial charge on any atom is 0.286 e. The van der Waals surface area contributed by atoms with Crippen LogP contribution in [0.5, 0.6) is 11.5 Å². The molecule has 0 bridgehead atoms. The molecule has 0 aromatic heterocycles. The standard InChI is InChI=1S/C18H22N2O4S/c1-4-23-15-7-13(5-6-14(15)21)8-16-17(22)19-18(25-16)20-9-11(2)24-12(3)10-20/h5-8,11-12,21H,4,9-10H2,1-3H3/b16-8-/t11-,12-/m0/s1. The fraction of sp³-hybridized carbons (Fsp3) is 0.444. The lowest BCUT2D eigenvalue weighted by atomic mass is 10.2. The smallest absolute Gasteiger partial charge is 0.286 e. The van der Waals surface area contributed by atoms with Crippen LogP contribution in [0.4, 0.5) is 0 Å². The number of amides is 1. The van der Waals surface area contributed by atoms with Crippen molar-refractivity contribution in [3.05, 3.63) is 28.7 Å². The first-order valence-electron chi connectivity index (χ1n) is 8.35. The van der Waals surface area contributed by atoms with Crippen molar-refractivity contribution in [1.82, 2.24) is 4.90 Å². The predicted octanol–water partition coefficient (Wildman–Crippen LogP) is 2.87. The molecule has 0 aliphatic carbocycles. The Morgan fingerprint density at radius 3 is 2.80 bits per heavy atom. The molecule has 0 spiro atoms. The number of aliphatic imine (C=N–C) groups is 1. The summed E-state index contributed by atoms with van der Waals surface area (Å²) in [5.74, 6) is 0.254. The van der Waals surface area contributed by atoms with Gasteiger partial charge in [0.25, 0.3) is 5.91 Å². The van der Waals surface area contributed by atoms with Gasteiger partial charge in [-0.1, -0.05) is 6.07 Å². The molecule has 0 radical (unpaired) electrons. The highest BCUT2D eigenvalue weighted by molar-refractivity contribution is 8.18. The van der Waals surface area contributed by atoms with Crippen LogP contribution < -0.4 is 4.74 Å². The molecular weight excluding hydrogens is 340 g/mol. The van der Waals surface area contributed by atoms with Crippen LogP contribution in [-0.2, 0) is 9.53 Å². The summed E-state index contributed by atoms with van der Waals surface area (Å²) < 4.78 is 11.1. The summed E-state index contributed by atoms with van der Waals surface area (Å²) in [7, 11) is 0. The van der Waals surface area contributed by atoms with Gasteiger partial charge >= 0.3 is 0 Å². The van der Waals surface area contributed by atoms with E-state index in [1.807, 2.05) is 20.8 Å². The van der Waals surface area contributed by atoms with Crippen LogP contribution in [0.3, 0.4) is 0 Å². The van der Waals surface area contributed by atoms with Gasteiger partial charge in [-0.15, -0.1) is 0 Å². The fourth-order valence-electron chi connectivity index (χ4n) is 2.91. The van der Waals surface area contributed by atoms with Gasteiger partial charge in [-0.05, 0) is 56.3 Å². The number of rotatable bonds is 3. The Bertz CT molecular complexity index is 722. The number of ether oxygens (including phenoxy) is 2. The van der Waals surface area contributed by atoms with Gasteiger partial charge in [0.1, 0.15) is 0 Å². The molecule has 0 saturated carbocycles. The summed E-state index contributed by atoms with van der Waals surface area (Å²) >= 11 is 1.38. The molecule has 2 atom stereocenters. The quantitative estimate of drug-likeness (QED) is 0.834. The van der Waals surface area contributed by atoms with Crippen molar-refractivity contribution in [2.75, 3.05) is 19.7 Å². The van der Waals surface area contributed by atoms with Crippen molar-refractivity contribution in [2.45, 2.75) is 33.0 Å². The molecule has 1 N–H and O–H groups in total. The summed E-state index contributed by atoms with van der Waals surface area (Å²) in [6, 6.07) is 5.03. The zero-order valence-corrected chi connectivity index (χ0v) is 15.4. The van der Waals surface area contributed by atoms with Crippen LogP contribution in [-0.4, -0.2) is 53.0 Å². The number of thioether (sulfide) groups is 1. The van der Waals surface area contributed by atoms with Crippen molar-refractivity contribution in [1.29, 1.82) is 0 Å². The number of hydrogen-bond donors (Lipinski definition) is 1. The summed E-state index contributed by atoms with van der Waals surface area (Å²) in [4.78, 5) is 19.1. The first kappa shape index (κ1) is 17.8. The number of carbonyl (C=O) groups excluding carboxylic acids is 1. The van der Waals surface area contributed by atoms with Gasteiger partial charge in [-0.3, -0.25) is 4.79 Å². The maximum absolute atomic E-state index is 12.3. The molecule has 1 fully saturated rings. The fourth-order valence-corrected chi connectivity index (χ4v) is 3.84. The van der Waals surface area contributed by atoms with Crippen LogP contribution in [0.1, 0.15) is 26.3 Å². The molecule has 2 aliphatic rings. The molecule has 7 heteroatoms. The third kappa shape index (κ3) is 4.16. The Balaban J connectivity index is 1.76. The number of aromatic hydroxyl groups is 1. The van der Waals surface area contributed by atoms with Crippen molar-refractivity contribution < 1.29 is 19.4 Å². The van der Waals surface area contributed by atoms with E-state index in [1.54, 1.807) is 24.3 Å². The lowest BCUT2D eigenvalue weighted by molar-refractivity contribution is -0.113. The largest absolute Gasteiger partial charge is 0.504 e. The number of nitrogens with zero attached hydrogens (tertiary/aromatic N) is 2. The molecule has 1 aromatic rings. The van der Waals surface area contributed by atoms with E-state index < -0.39 is 0 Å². The Morgan fingerprint density at radius 1 is 1.40 bits per heavy atom. The number of morpholine rings is 1. The average molecular weight is 362 g/mol. The van der Waals surface area contributed by atoms with Crippen molar-refractivity contribution in [2.24, 2.45) is 4.99 Å². The van der Waals surface area contributed by atoms with Crippen LogP contribution in [0.2, 0.25) is 0 Å². The molecule has 1 aromatic carbocycles. The van der Waals surface area contributed by atoms with Gasteiger partial charge in [0.2, 0.25) is 0 Å². The third-order valence-corrected chi connectivity index (χ3v) is 4.93. The molecule has 0 unspecified atom stereocenters. The zero-order chi connectivity index (χ0) is 18.0. The van der Waals surface area contributed by atoms with E-state index in [-0.39, 0.29) is 23.9 Å². The molecule has 134 valence electrons. The minimum Gasteiger partial charge on any atom is -0.504 e. The SMILES string of the molecule is CCOc1cc(/C=C2\SC(N3C[C@H](C)O[C@@H](C)C3)=NC2=O)ccc1O. The molecule has 25 heavy (non-hydrogen) atoms. The van der Waals surface area contributed by atoms with Gasteiger partial charge in [0.05, 0.1) is 23.7 Å². The lowest BCUT2D eigenvalue weighted by Crippen LogP contribution is -2.47. The second kappa shape index (κ2) is 7.49. The highest BCUT2D eigenvalue weighted by Crippen LogP contribution is 2.33. The van der Waals surface area contributed by atoms with Gasteiger partial charge < -0.3 is 19.5 Å². The van der Waals surface area contributed by atoms with Crippen molar-refractivity contribution >= 4 is 28.9 Å². The molecular formula is C18H22N2O4S. The first-order valence-corrected chi connectivity index (χ1v) is 9.16. The highest BCUT2D eigenvalue weighted by Gasteiger charge is 2.31. The van der Waals surface area contributed by atoms with E-state index in [0.717, 1.165) is 23.8 Å². The van der Waals surface area contributed by atoms with E-state index in [0.29, 0.717) is 17.3 Å².